The predicted molar refractivity (Wildman–Crippen MR) is 150 cm³/mol. The Morgan fingerprint density at radius 3 is 2.56 bits per heavy atom. The minimum Gasteiger partial charge on any atom is -0.493 e. The predicted octanol–water partition coefficient (Wildman–Crippen LogP) is 2.99. The van der Waals surface area contributed by atoms with Crippen LogP contribution in [0.25, 0.3) is 5.82 Å². The number of carbonyl (C=O) groups is 1. The first-order valence-corrected chi connectivity index (χ1v) is 12.6. The number of benzene rings is 2. The Morgan fingerprint density at radius 1 is 1.26 bits per heavy atom. The van der Waals surface area contributed by atoms with Gasteiger partial charge in [-0.15, -0.1) is 5.10 Å². The zero-order valence-corrected chi connectivity index (χ0v) is 22.6. The van der Waals surface area contributed by atoms with Crippen molar-refractivity contribution in [1.82, 2.24) is 19.7 Å². The van der Waals surface area contributed by atoms with E-state index in [2.05, 4.69) is 20.4 Å². The Bertz CT molecular complexity index is 1670. The molecule has 3 heterocycles. The number of amidine groups is 1. The topological polar surface area (TPSA) is 207 Å². The Kier molecular flexibility index (Phi) is 8.87. The second-order valence-corrected chi connectivity index (χ2v) is 9.18. The highest BCUT2D eigenvalue weighted by Crippen LogP contribution is 2.39. The van der Waals surface area contributed by atoms with Crippen molar-refractivity contribution in [3.8, 4) is 17.3 Å². The van der Waals surface area contributed by atoms with Crippen LogP contribution in [0, 0.1) is 5.41 Å². The average Bonchev–Trinajstić information content (AvgIpc) is 3.36. The number of H-pyrrole nitrogens is 1. The van der Waals surface area contributed by atoms with Gasteiger partial charge in [-0.05, 0) is 72.5 Å². The number of carboxylic acids is 1. The molecular weight excluding hydrogens is 573 g/mol. The second-order valence-electron chi connectivity index (χ2n) is 9.18. The Labute approximate surface area is 241 Å². The molecule has 1 aliphatic heterocycles. The lowest BCUT2D eigenvalue weighted by molar-refractivity contribution is -0.192. The van der Waals surface area contributed by atoms with E-state index in [9.17, 15) is 18.0 Å². The van der Waals surface area contributed by atoms with Gasteiger partial charge in [-0.3, -0.25) is 10.4 Å². The molecule has 1 unspecified atom stereocenters. The molecule has 43 heavy (non-hydrogen) atoms. The number of ether oxygens (including phenoxy) is 2. The summed E-state index contributed by atoms with van der Waals surface area (Å²) in [6.07, 6.45) is -1.79. The third kappa shape index (κ3) is 7.03. The number of anilines is 2. The number of nitrogens with two attached hydrogens (primary N) is 2. The number of nitrogens with one attached hydrogen (secondary N) is 3. The lowest BCUT2D eigenvalue weighted by atomic mass is 9.97. The Morgan fingerprint density at radius 2 is 1.95 bits per heavy atom. The van der Waals surface area contributed by atoms with Crippen LogP contribution >= 0.6 is 0 Å². The van der Waals surface area contributed by atoms with E-state index in [4.69, 9.17) is 36.3 Å². The molecule has 0 bridgehead atoms. The quantitative estimate of drug-likeness (QED) is 0.135. The van der Waals surface area contributed by atoms with Crippen LogP contribution in [0.5, 0.6) is 11.5 Å². The molecule has 0 aliphatic carbocycles. The molecule has 8 N–H and O–H groups in total. The standard InChI is InChI=1S/C25H26N8O3.C2HF3O2/c1-35-19-13-16(12-15-4-3-11-36-21(15)19)20(30-17-8-6-14(7-9-17)22(27)28)23-31-25(34)33(32-23)24-18(26)5-2-10-29-24;3-2(4,5)1(6)7/h2,5-10,12-13,20,30H,3-4,11,26H2,1H3,(H3,27,28)(H,31,32,34);(H,6,7). The first-order valence-electron chi connectivity index (χ1n) is 12.6. The molecule has 0 saturated heterocycles. The van der Waals surface area contributed by atoms with Gasteiger partial charge in [0.05, 0.1) is 19.4 Å². The number of halogens is 3. The number of carboxylic acid groups (broad SMARTS) is 1. The lowest BCUT2D eigenvalue weighted by Gasteiger charge is -2.24. The maximum absolute atomic E-state index is 12.9. The van der Waals surface area contributed by atoms with Crippen LogP contribution < -0.4 is 31.9 Å². The van der Waals surface area contributed by atoms with Crippen LogP contribution in [0.4, 0.5) is 24.5 Å². The highest BCUT2D eigenvalue weighted by Gasteiger charge is 2.38. The van der Waals surface area contributed by atoms with Gasteiger partial charge in [-0.25, -0.2) is 14.6 Å². The molecule has 2 aromatic heterocycles. The number of aromatic nitrogens is 4. The number of aromatic amines is 1. The molecule has 4 aromatic rings. The third-order valence-corrected chi connectivity index (χ3v) is 6.22. The molecule has 0 radical (unpaired) electrons. The minimum absolute atomic E-state index is 0.0199. The Balaban J connectivity index is 0.000000541. The number of hydrogen-bond donors (Lipinski definition) is 6. The highest BCUT2D eigenvalue weighted by atomic mass is 19.4. The number of aliphatic carboxylic acids is 1. The van der Waals surface area contributed by atoms with Gasteiger partial charge < -0.3 is 31.4 Å². The smallest absolute Gasteiger partial charge is 0.490 e. The number of alkyl halides is 3. The SMILES string of the molecule is COc1cc(C(Nc2ccc(C(=N)N)cc2)c2nn(-c3ncccc3N)c(=O)[nH]2)cc2c1OCCC2.O=C(O)C(F)(F)F. The van der Waals surface area contributed by atoms with E-state index in [1.165, 1.54) is 0 Å². The molecule has 1 atom stereocenters. The van der Waals surface area contributed by atoms with Crippen molar-refractivity contribution in [3.05, 3.63) is 87.7 Å². The van der Waals surface area contributed by atoms with Crippen molar-refractivity contribution < 1.29 is 32.5 Å². The normalized spacial score (nSPS) is 13.0. The largest absolute Gasteiger partial charge is 0.493 e. The summed E-state index contributed by atoms with van der Waals surface area (Å²) < 4.78 is 44.4. The monoisotopic (exact) mass is 600 g/mol. The van der Waals surface area contributed by atoms with Crippen molar-refractivity contribution >= 4 is 23.2 Å². The van der Waals surface area contributed by atoms with Gasteiger partial charge in [0, 0.05) is 17.4 Å². The molecule has 5 rings (SSSR count). The summed E-state index contributed by atoms with van der Waals surface area (Å²) in [5.41, 5.74) is 14.7. The fourth-order valence-corrected chi connectivity index (χ4v) is 4.21. The van der Waals surface area contributed by atoms with Crippen molar-refractivity contribution in [1.29, 1.82) is 5.41 Å². The summed E-state index contributed by atoms with van der Waals surface area (Å²) in [7, 11) is 1.60. The number of pyridine rings is 1. The van der Waals surface area contributed by atoms with E-state index in [0.717, 1.165) is 40.1 Å². The lowest BCUT2D eigenvalue weighted by Crippen LogP contribution is -2.21. The number of methoxy groups -OCH3 is 1. The summed E-state index contributed by atoms with van der Waals surface area (Å²) in [6, 6.07) is 13.8. The van der Waals surface area contributed by atoms with Crippen LogP contribution in [0.15, 0.2) is 59.5 Å². The number of rotatable bonds is 7. The van der Waals surface area contributed by atoms with Gasteiger partial charge in [-0.2, -0.15) is 17.9 Å². The molecule has 1 aliphatic rings. The second kappa shape index (κ2) is 12.5. The van der Waals surface area contributed by atoms with Gasteiger partial charge in [0.15, 0.2) is 23.1 Å². The number of fused-ring (bicyclic) bond motifs is 1. The molecule has 0 saturated carbocycles. The number of nitrogens with zero attached hydrogens (tertiary/aromatic N) is 3. The molecule has 0 spiro atoms. The fourth-order valence-electron chi connectivity index (χ4n) is 4.21. The molecular formula is C27H27F3N8O5. The summed E-state index contributed by atoms with van der Waals surface area (Å²) in [5.74, 6) is -0.833. The van der Waals surface area contributed by atoms with Gasteiger partial charge in [0.1, 0.15) is 11.9 Å². The van der Waals surface area contributed by atoms with Crippen LogP contribution in [0.2, 0.25) is 0 Å². The molecule has 16 heteroatoms. The Hall–Kier alpha value is -5.54. The first kappa shape index (κ1) is 30.4. The number of hydrogen-bond acceptors (Lipinski definition) is 9. The van der Waals surface area contributed by atoms with E-state index < -0.39 is 23.9 Å². The van der Waals surface area contributed by atoms with Gasteiger partial charge in [-0.1, -0.05) is 0 Å². The fraction of sp³-hybridized carbons (Fsp3) is 0.222. The van der Waals surface area contributed by atoms with E-state index in [1.807, 2.05) is 24.3 Å². The van der Waals surface area contributed by atoms with Crippen molar-refractivity contribution in [3.63, 3.8) is 0 Å². The van der Waals surface area contributed by atoms with E-state index >= 15 is 0 Å². The van der Waals surface area contributed by atoms with Crippen molar-refractivity contribution in [2.24, 2.45) is 5.73 Å². The highest BCUT2D eigenvalue weighted by molar-refractivity contribution is 5.95. The maximum atomic E-state index is 12.9. The molecule has 226 valence electrons. The van der Waals surface area contributed by atoms with Gasteiger partial charge in [0.25, 0.3) is 0 Å². The summed E-state index contributed by atoms with van der Waals surface area (Å²) in [4.78, 5) is 28.9. The zero-order valence-electron chi connectivity index (χ0n) is 22.6. The average molecular weight is 601 g/mol. The van der Waals surface area contributed by atoms with Crippen LogP contribution in [-0.4, -0.2) is 56.6 Å². The molecule has 0 amide bonds. The van der Waals surface area contributed by atoms with Crippen LogP contribution in [0.3, 0.4) is 0 Å². The number of nitrogen functional groups attached to an aromatic ring is 2. The molecule has 2 aromatic carbocycles. The zero-order chi connectivity index (χ0) is 31.3. The van der Waals surface area contributed by atoms with E-state index in [1.54, 1.807) is 37.6 Å². The summed E-state index contributed by atoms with van der Waals surface area (Å²) in [5, 5.41) is 22.7. The van der Waals surface area contributed by atoms with Gasteiger partial charge >= 0.3 is 17.8 Å². The maximum Gasteiger partial charge on any atom is 0.490 e. The van der Waals surface area contributed by atoms with E-state index in [-0.39, 0.29) is 11.7 Å². The van der Waals surface area contributed by atoms with Crippen molar-refractivity contribution in [2.45, 2.75) is 25.1 Å². The van der Waals surface area contributed by atoms with Crippen molar-refractivity contribution in [2.75, 3.05) is 24.8 Å². The minimum atomic E-state index is -5.08. The van der Waals surface area contributed by atoms with Crippen LogP contribution in [0.1, 0.15) is 35.0 Å². The summed E-state index contributed by atoms with van der Waals surface area (Å²) >= 11 is 0. The van der Waals surface area contributed by atoms with Gasteiger partial charge in [0.2, 0.25) is 0 Å². The van der Waals surface area contributed by atoms with E-state index in [0.29, 0.717) is 29.4 Å². The molecule has 0 fully saturated rings. The number of aryl methyl sites for hydroxylation is 1. The summed E-state index contributed by atoms with van der Waals surface area (Å²) in [6.45, 7) is 0.635. The van der Waals surface area contributed by atoms with Crippen LogP contribution in [-0.2, 0) is 11.2 Å². The third-order valence-electron chi connectivity index (χ3n) is 6.22. The first-order chi connectivity index (χ1) is 20.4. The molecule has 13 nitrogen and oxygen atoms in total.